The summed E-state index contributed by atoms with van der Waals surface area (Å²) in [5.41, 5.74) is -0.438. The Bertz CT molecular complexity index is 1350. The zero-order chi connectivity index (χ0) is 23.2. The third-order valence-electron chi connectivity index (χ3n) is 5.54. The Kier molecular flexibility index (Phi) is 5.57. The number of rotatable bonds is 3. The second-order valence-electron chi connectivity index (χ2n) is 7.82. The van der Waals surface area contributed by atoms with Gasteiger partial charge in [-0.2, -0.15) is 5.26 Å². The molecule has 0 unspecified atom stereocenters. The molecule has 10 heteroatoms. The third kappa shape index (κ3) is 3.67. The molecular formula is C22H18ClF2N5O2. The molecule has 1 atom stereocenters. The van der Waals surface area contributed by atoms with Gasteiger partial charge in [0.25, 0.3) is 0 Å². The molecule has 0 spiro atoms. The largest absolute Gasteiger partial charge is 0.366 e. The van der Waals surface area contributed by atoms with Crippen molar-refractivity contribution in [3.63, 3.8) is 0 Å². The lowest BCUT2D eigenvalue weighted by Gasteiger charge is -2.22. The second-order valence-corrected chi connectivity index (χ2v) is 8.22. The first-order valence-corrected chi connectivity index (χ1v) is 10.2. The summed E-state index contributed by atoms with van der Waals surface area (Å²) in [4.78, 5) is 34.6. The molecule has 1 saturated heterocycles. The number of pyridine rings is 2. The third-order valence-corrected chi connectivity index (χ3v) is 5.84. The van der Waals surface area contributed by atoms with E-state index in [4.69, 9.17) is 16.9 Å². The highest BCUT2D eigenvalue weighted by Crippen LogP contribution is 2.34. The predicted octanol–water partition coefficient (Wildman–Crippen LogP) is 3.31. The van der Waals surface area contributed by atoms with Gasteiger partial charge in [0.2, 0.25) is 5.91 Å². The van der Waals surface area contributed by atoms with Crippen LogP contribution in [0.2, 0.25) is 5.02 Å². The van der Waals surface area contributed by atoms with Gasteiger partial charge in [-0.05, 0) is 12.5 Å². The second kappa shape index (κ2) is 8.20. The van der Waals surface area contributed by atoms with Crippen molar-refractivity contribution in [3.05, 3.63) is 57.0 Å². The highest BCUT2D eigenvalue weighted by atomic mass is 35.5. The standard InChI is InChI=1S/C22H18ClF2N5O2/c1-29(2)22(32)11-3-4-30(10-11)21-15(24)6-17-19(20(21)25)18(31)7-16(28-17)13-5-12(8-26)27-9-14(13)23/h5-7,9,11H,3-4,10H2,1-2H3,(H,28,31)/t11-/m1/s1. The van der Waals surface area contributed by atoms with E-state index in [2.05, 4.69) is 9.97 Å². The fourth-order valence-corrected chi connectivity index (χ4v) is 4.21. The summed E-state index contributed by atoms with van der Waals surface area (Å²) in [5, 5.41) is 8.94. The minimum atomic E-state index is -0.982. The lowest BCUT2D eigenvalue weighted by Crippen LogP contribution is -2.32. The number of fused-ring (bicyclic) bond motifs is 1. The summed E-state index contributed by atoms with van der Waals surface area (Å²) in [6, 6.07) is 5.46. The highest BCUT2D eigenvalue weighted by Gasteiger charge is 2.33. The Hall–Kier alpha value is -3.51. The van der Waals surface area contributed by atoms with Crippen LogP contribution < -0.4 is 10.3 Å². The molecule has 1 fully saturated rings. The first-order valence-electron chi connectivity index (χ1n) is 9.78. The van der Waals surface area contributed by atoms with Crippen molar-refractivity contribution >= 4 is 34.1 Å². The van der Waals surface area contributed by atoms with Crippen molar-refractivity contribution in [2.45, 2.75) is 6.42 Å². The summed E-state index contributed by atoms with van der Waals surface area (Å²) in [5.74, 6) is -2.31. The number of hydrogen-bond donors (Lipinski definition) is 1. The Labute approximate surface area is 186 Å². The van der Waals surface area contributed by atoms with Crippen LogP contribution >= 0.6 is 11.6 Å². The van der Waals surface area contributed by atoms with Gasteiger partial charge in [0.15, 0.2) is 17.1 Å². The number of carbonyl (C=O) groups excluding carboxylic acids is 1. The van der Waals surface area contributed by atoms with Gasteiger partial charge in [-0.3, -0.25) is 9.59 Å². The minimum absolute atomic E-state index is 0.0437. The van der Waals surface area contributed by atoms with Crippen LogP contribution in [-0.2, 0) is 4.79 Å². The van der Waals surface area contributed by atoms with Gasteiger partial charge in [-0.1, -0.05) is 11.6 Å². The van der Waals surface area contributed by atoms with Gasteiger partial charge in [0.05, 0.1) is 27.5 Å². The number of aromatic nitrogens is 2. The van der Waals surface area contributed by atoms with Gasteiger partial charge in [-0.15, -0.1) is 0 Å². The van der Waals surface area contributed by atoms with Crippen LogP contribution in [0.15, 0.2) is 29.2 Å². The zero-order valence-corrected chi connectivity index (χ0v) is 18.0. The quantitative estimate of drug-likeness (QED) is 0.651. The number of aromatic amines is 1. The maximum Gasteiger partial charge on any atom is 0.227 e. The maximum atomic E-state index is 15.4. The van der Waals surface area contributed by atoms with Crippen molar-refractivity contribution in [2.24, 2.45) is 5.92 Å². The average molecular weight is 458 g/mol. The van der Waals surface area contributed by atoms with Gasteiger partial charge in [0.1, 0.15) is 17.5 Å². The summed E-state index contributed by atoms with van der Waals surface area (Å²) in [6.07, 6.45) is 1.73. The molecule has 3 heterocycles. The van der Waals surface area contributed by atoms with Crippen LogP contribution in [0.25, 0.3) is 22.2 Å². The Balaban J connectivity index is 1.80. The Morgan fingerprint density at radius 3 is 2.78 bits per heavy atom. The molecule has 0 bridgehead atoms. The zero-order valence-electron chi connectivity index (χ0n) is 17.2. The van der Waals surface area contributed by atoms with Crippen molar-refractivity contribution < 1.29 is 13.6 Å². The number of nitriles is 1. The SMILES string of the molecule is CN(C)C(=O)[C@@H]1CCN(c2c(F)cc3[nH]c(-c4cc(C#N)ncc4Cl)cc(=O)c3c2F)C1. The van der Waals surface area contributed by atoms with Crippen LogP contribution in [0.3, 0.4) is 0 Å². The first kappa shape index (κ1) is 21.7. The van der Waals surface area contributed by atoms with Gasteiger partial charge < -0.3 is 14.8 Å². The van der Waals surface area contributed by atoms with E-state index in [1.54, 1.807) is 14.1 Å². The normalized spacial score (nSPS) is 15.8. The van der Waals surface area contributed by atoms with Crippen molar-refractivity contribution in [2.75, 3.05) is 32.1 Å². The van der Waals surface area contributed by atoms with Crippen molar-refractivity contribution in [1.82, 2.24) is 14.9 Å². The monoisotopic (exact) mass is 457 g/mol. The molecule has 164 valence electrons. The molecule has 1 aliphatic heterocycles. The van der Waals surface area contributed by atoms with Crippen LogP contribution in [0, 0.1) is 28.9 Å². The minimum Gasteiger partial charge on any atom is -0.366 e. The molecule has 1 aromatic carbocycles. The first-order chi connectivity index (χ1) is 15.2. The van der Waals surface area contributed by atoms with E-state index >= 15 is 8.78 Å². The number of H-pyrrole nitrogens is 1. The van der Waals surface area contributed by atoms with Crippen LogP contribution in [-0.4, -0.2) is 48.0 Å². The molecular weight excluding hydrogens is 440 g/mol. The van der Waals surface area contributed by atoms with Gasteiger partial charge >= 0.3 is 0 Å². The van der Waals surface area contributed by atoms with E-state index in [-0.39, 0.29) is 51.4 Å². The Morgan fingerprint density at radius 2 is 2.09 bits per heavy atom. The van der Waals surface area contributed by atoms with E-state index in [1.807, 2.05) is 6.07 Å². The molecule has 4 rings (SSSR count). The summed E-state index contributed by atoms with van der Waals surface area (Å²) >= 11 is 6.15. The number of carbonyl (C=O) groups is 1. The number of halogens is 3. The van der Waals surface area contributed by atoms with Crippen LogP contribution in [0.5, 0.6) is 0 Å². The molecule has 3 aromatic rings. The lowest BCUT2D eigenvalue weighted by atomic mass is 10.1. The van der Waals surface area contributed by atoms with E-state index in [1.165, 1.54) is 22.1 Å². The van der Waals surface area contributed by atoms with Gasteiger partial charge in [-0.25, -0.2) is 13.8 Å². The number of amides is 1. The molecule has 7 nitrogen and oxygen atoms in total. The summed E-state index contributed by atoms with van der Waals surface area (Å²) in [6.45, 7) is 0.457. The molecule has 0 aliphatic carbocycles. The van der Waals surface area contributed by atoms with Crippen LogP contribution in [0.4, 0.5) is 14.5 Å². The summed E-state index contributed by atoms with van der Waals surface area (Å²) < 4.78 is 30.4. The van der Waals surface area contributed by atoms with Gasteiger partial charge in [0, 0.05) is 51.1 Å². The number of benzene rings is 1. The van der Waals surface area contributed by atoms with E-state index in [9.17, 15) is 9.59 Å². The fraction of sp³-hybridized carbons (Fsp3) is 0.273. The predicted molar refractivity (Wildman–Crippen MR) is 116 cm³/mol. The number of nitrogens with zero attached hydrogens (tertiary/aromatic N) is 4. The molecule has 0 saturated carbocycles. The van der Waals surface area contributed by atoms with E-state index < -0.39 is 17.1 Å². The molecule has 32 heavy (non-hydrogen) atoms. The smallest absolute Gasteiger partial charge is 0.227 e. The molecule has 0 radical (unpaired) electrons. The number of hydrogen-bond acceptors (Lipinski definition) is 5. The molecule has 1 aliphatic rings. The Morgan fingerprint density at radius 1 is 1.34 bits per heavy atom. The molecule has 2 aromatic heterocycles. The summed E-state index contributed by atoms with van der Waals surface area (Å²) in [7, 11) is 3.27. The van der Waals surface area contributed by atoms with E-state index in [0.717, 1.165) is 12.1 Å². The number of nitrogens with one attached hydrogen (secondary N) is 1. The maximum absolute atomic E-state index is 15.4. The highest BCUT2D eigenvalue weighted by molar-refractivity contribution is 6.33. The molecule has 1 amide bonds. The lowest BCUT2D eigenvalue weighted by molar-refractivity contribution is -0.132. The fourth-order valence-electron chi connectivity index (χ4n) is 4.00. The van der Waals surface area contributed by atoms with Crippen LogP contribution in [0.1, 0.15) is 12.1 Å². The molecule has 1 N–H and O–H groups in total. The topological polar surface area (TPSA) is 93.1 Å². The average Bonchev–Trinajstić information content (AvgIpc) is 3.22. The van der Waals surface area contributed by atoms with Crippen molar-refractivity contribution in [3.8, 4) is 17.3 Å². The van der Waals surface area contributed by atoms with Crippen molar-refractivity contribution in [1.29, 1.82) is 5.26 Å². The van der Waals surface area contributed by atoms with E-state index in [0.29, 0.717) is 18.5 Å². The number of anilines is 1.